The molecule has 1 aliphatic heterocycles. The summed E-state index contributed by atoms with van der Waals surface area (Å²) in [4.78, 5) is 9.47. The zero-order chi connectivity index (χ0) is 20.4. The van der Waals surface area contributed by atoms with E-state index in [1.165, 1.54) is 24.1 Å². The van der Waals surface area contributed by atoms with Crippen molar-refractivity contribution in [2.75, 3.05) is 39.8 Å². The van der Waals surface area contributed by atoms with Crippen LogP contribution in [0.15, 0.2) is 29.3 Å². The summed E-state index contributed by atoms with van der Waals surface area (Å²) in [6, 6.07) is 9.74. The van der Waals surface area contributed by atoms with Crippen LogP contribution in [0.5, 0.6) is 0 Å². The number of aliphatic imine (C=N–C) groups is 1. The molecule has 0 amide bonds. The SMILES string of the molecule is CCN(CC)CCCC(C)NC(=NC)NCC(C)N1CCc2ccccc2C1. The minimum atomic E-state index is 0.430. The normalized spacial score (nSPS) is 17.3. The molecule has 5 nitrogen and oxygen atoms in total. The first-order valence-corrected chi connectivity index (χ1v) is 11.1. The number of guanidine groups is 1. The molecule has 158 valence electrons. The van der Waals surface area contributed by atoms with Gasteiger partial charge in [0, 0.05) is 38.8 Å². The van der Waals surface area contributed by atoms with E-state index in [1.54, 1.807) is 0 Å². The molecule has 2 rings (SSSR count). The second-order valence-electron chi connectivity index (χ2n) is 8.01. The van der Waals surface area contributed by atoms with Crippen molar-refractivity contribution in [3.8, 4) is 0 Å². The summed E-state index contributed by atoms with van der Waals surface area (Å²) in [6.07, 6.45) is 3.53. The standard InChI is InChI=1S/C23H41N5/c1-6-27(7-2)15-10-11-19(3)26-23(24-5)25-17-20(4)28-16-14-21-12-8-9-13-22(21)18-28/h8-9,12-13,19-20H,6-7,10-11,14-18H2,1-5H3,(H2,24,25,26). The lowest BCUT2D eigenvalue weighted by Crippen LogP contribution is -2.49. The van der Waals surface area contributed by atoms with Crippen molar-refractivity contribution in [2.45, 2.75) is 65.6 Å². The summed E-state index contributed by atoms with van der Waals surface area (Å²) in [5.74, 6) is 0.916. The van der Waals surface area contributed by atoms with Gasteiger partial charge < -0.3 is 15.5 Å². The Morgan fingerprint density at radius 2 is 1.89 bits per heavy atom. The van der Waals surface area contributed by atoms with Crippen molar-refractivity contribution in [3.05, 3.63) is 35.4 Å². The van der Waals surface area contributed by atoms with Crippen molar-refractivity contribution in [1.82, 2.24) is 20.4 Å². The molecule has 28 heavy (non-hydrogen) atoms. The number of hydrogen-bond acceptors (Lipinski definition) is 3. The topological polar surface area (TPSA) is 42.9 Å². The minimum Gasteiger partial charge on any atom is -0.355 e. The third kappa shape index (κ3) is 7.10. The van der Waals surface area contributed by atoms with Crippen LogP contribution in [0.3, 0.4) is 0 Å². The molecule has 0 saturated heterocycles. The third-order valence-corrected chi connectivity index (χ3v) is 5.96. The molecule has 2 unspecified atom stereocenters. The van der Waals surface area contributed by atoms with Crippen LogP contribution < -0.4 is 10.6 Å². The highest BCUT2D eigenvalue weighted by Gasteiger charge is 2.20. The monoisotopic (exact) mass is 387 g/mol. The molecule has 1 aromatic rings. The molecule has 0 fully saturated rings. The summed E-state index contributed by atoms with van der Waals surface area (Å²) in [5, 5.41) is 7.08. The van der Waals surface area contributed by atoms with Gasteiger partial charge in [-0.1, -0.05) is 38.1 Å². The first-order valence-electron chi connectivity index (χ1n) is 11.1. The Balaban J connectivity index is 1.71. The van der Waals surface area contributed by atoms with E-state index in [0.717, 1.165) is 51.5 Å². The fourth-order valence-electron chi connectivity index (χ4n) is 3.93. The minimum absolute atomic E-state index is 0.430. The second kappa shape index (κ2) is 12.1. The Kier molecular flexibility index (Phi) is 9.79. The van der Waals surface area contributed by atoms with Crippen LogP contribution in [0.2, 0.25) is 0 Å². The second-order valence-corrected chi connectivity index (χ2v) is 8.01. The van der Waals surface area contributed by atoms with Gasteiger partial charge in [0.15, 0.2) is 5.96 Å². The average molecular weight is 388 g/mol. The Morgan fingerprint density at radius 3 is 2.57 bits per heavy atom. The lowest BCUT2D eigenvalue weighted by Gasteiger charge is -2.34. The zero-order valence-electron chi connectivity index (χ0n) is 18.7. The Labute approximate surface area is 172 Å². The van der Waals surface area contributed by atoms with Crippen molar-refractivity contribution in [3.63, 3.8) is 0 Å². The first-order chi connectivity index (χ1) is 13.6. The molecule has 0 spiro atoms. The highest BCUT2D eigenvalue weighted by atomic mass is 15.2. The molecule has 0 aromatic heterocycles. The van der Waals surface area contributed by atoms with Gasteiger partial charge in [-0.05, 0) is 63.9 Å². The maximum atomic E-state index is 4.42. The van der Waals surface area contributed by atoms with Crippen LogP contribution in [0.4, 0.5) is 0 Å². The molecular weight excluding hydrogens is 346 g/mol. The molecule has 0 bridgehead atoms. The van der Waals surface area contributed by atoms with Gasteiger partial charge in [0.05, 0.1) is 0 Å². The Bertz CT molecular complexity index is 596. The van der Waals surface area contributed by atoms with Crippen LogP contribution in [-0.2, 0) is 13.0 Å². The predicted octanol–water partition coefficient (Wildman–Crippen LogP) is 3.11. The average Bonchev–Trinajstić information content (AvgIpc) is 2.73. The van der Waals surface area contributed by atoms with Crippen molar-refractivity contribution in [2.24, 2.45) is 4.99 Å². The zero-order valence-corrected chi connectivity index (χ0v) is 18.7. The molecular formula is C23H41N5. The molecule has 1 aromatic carbocycles. The molecule has 5 heteroatoms. The molecule has 1 heterocycles. The van der Waals surface area contributed by atoms with Gasteiger partial charge in [-0.3, -0.25) is 9.89 Å². The number of rotatable bonds is 10. The maximum Gasteiger partial charge on any atom is 0.191 e. The Hall–Kier alpha value is -1.59. The third-order valence-electron chi connectivity index (χ3n) is 5.96. The molecule has 0 radical (unpaired) electrons. The number of nitrogens with one attached hydrogen (secondary N) is 2. The van der Waals surface area contributed by atoms with E-state index in [-0.39, 0.29) is 0 Å². The highest BCUT2D eigenvalue weighted by molar-refractivity contribution is 5.79. The van der Waals surface area contributed by atoms with Gasteiger partial charge >= 0.3 is 0 Å². The van der Waals surface area contributed by atoms with Crippen LogP contribution in [-0.4, -0.2) is 67.6 Å². The van der Waals surface area contributed by atoms with E-state index < -0.39 is 0 Å². The van der Waals surface area contributed by atoms with Gasteiger partial charge in [0.25, 0.3) is 0 Å². The molecule has 2 atom stereocenters. The quantitative estimate of drug-likeness (QED) is 0.478. The smallest absolute Gasteiger partial charge is 0.191 e. The number of fused-ring (bicyclic) bond motifs is 1. The van der Waals surface area contributed by atoms with Gasteiger partial charge in [-0.15, -0.1) is 0 Å². The van der Waals surface area contributed by atoms with E-state index in [4.69, 9.17) is 0 Å². The maximum absolute atomic E-state index is 4.42. The van der Waals surface area contributed by atoms with Crippen LogP contribution in [0.1, 0.15) is 51.7 Å². The molecule has 2 N–H and O–H groups in total. The van der Waals surface area contributed by atoms with Gasteiger partial charge in [0.2, 0.25) is 0 Å². The number of benzene rings is 1. The van der Waals surface area contributed by atoms with Crippen LogP contribution >= 0.6 is 0 Å². The summed E-state index contributed by atoms with van der Waals surface area (Å²) in [6.45, 7) is 15.6. The lowest BCUT2D eigenvalue weighted by atomic mass is 9.99. The van der Waals surface area contributed by atoms with E-state index in [2.05, 4.69) is 77.4 Å². The largest absolute Gasteiger partial charge is 0.355 e. The predicted molar refractivity (Wildman–Crippen MR) is 121 cm³/mol. The first kappa shape index (κ1) is 22.7. The Morgan fingerprint density at radius 1 is 1.18 bits per heavy atom. The van der Waals surface area contributed by atoms with E-state index >= 15 is 0 Å². The fourth-order valence-corrected chi connectivity index (χ4v) is 3.93. The summed E-state index contributed by atoms with van der Waals surface area (Å²) in [5.41, 5.74) is 2.99. The van der Waals surface area contributed by atoms with E-state index in [9.17, 15) is 0 Å². The van der Waals surface area contributed by atoms with E-state index in [0.29, 0.717) is 12.1 Å². The summed E-state index contributed by atoms with van der Waals surface area (Å²) >= 11 is 0. The highest BCUT2D eigenvalue weighted by Crippen LogP contribution is 2.19. The van der Waals surface area contributed by atoms with Gasteiger partial charge in [0.1, 0.15) is 0 Å². The van der Waals surface area contributed by atoms with Crippen molar-refractivity contribution < 1.29 is 0 Å². The number of nitrogens with zero attached hydrogens (tertiary/aromatic N) is 3. The van der Waals surface area contributed by atoms with E-state index in [1.807, 2.05) is 7.05 Å². The number of hydrogen-bond donors (Lipinski definition) is 2. The molecule has 1 aliphatic rings. The summed E-state index contributed by atoms with van der Waals surface area (Å²) in [7, 11) is 1.86. The van der Waals surface area contributed by atoms with Gasteiger partial charge in [-0.25, -0.2) is 0 Å². The van der Waals surface area contributed by atoms with Crippen molar-refractivity contribution >= 4 is 5.96 Å². The molecule has 0 aliphatic carbocycles. The summed E-state index contributed by atoms with van der Waals surface area (Å²) < 4.78 is 0. The van der Waals surface area contributed by atoms with Crippen LogP contribution in [0.25, 0.3) is 0 Å². The van der Waals surface area contributed by atoms with Gasteiger partial charge in [-0.2, -0.15) is 0 Å². The lowest BCUT2D eigenvalue weighted by molar-refractivity contribution is 0.191. The van der Waals surface area contributed by atoms with Crippen molar-refractivity contribution in [1.29, 1.82) is 0 Å². The van der Waals surface area contributed by atoms with Crippen LogP contribution in [0, 0.1) is 0 Å². The molecule has 0 saturated carbocycles. The fraction of sp³-hybridized carbons (Fsp3) is 0.696.